The van der Waals surface area contributed by atoms with Gasteiger partial charge in [0.1, 0.15) is 0 Å². The predicted octanol–water partition coefficient (Wildman–Crippen LogP) is 0.710. The van der Waals surface area contributed by atoms with E-state index in [9.17, 15) is 15.4 Å². The zero-order valence-corrected chi connectivity index (χ0v) is 8.70. The molecule has 1 aliphatic rings. The lowest BCUT2D eigenvalue weighted by molar-refractivity contribution is -0.317. The van der Waals surface area contributed by atoms with Gasteiger partial charge in [-0.2, -0.15) is 5.06 Å². The van der Waals surface area contributed by atoms with Crippen LogP contribution in [0.1, 0.15) is 40.5 Å². The molecule has 0 aliphatic carbocycles. The molecule has 4 heteroatoms. The average molecular weight is 189 g/mol. The molecule has 1 aliphatic heterocycles. The van der Waals surface area contributed by atoms with Crippen molar-refractivity contribution in [3.05, 3.63) is 0 Å². The van der Waals surface area contributed by atoms with Gasteiger partial charge in [-0.25, -0.2) is 0 Å². The van der Waals surface area contributed by atoms with E-state index < -0.39 is 16.9 Å². The largest absolute Gasteiger partial charge is 0.365 e. The van der Waals surface area contributed by atoms with Crippen molar-refractivity contribution >= 4 is 0 Å². The first kappa shape index (κ1) is 10.9. The summed E-state index contributed by atoms with van der Waals surface area (Å²) in [7, 11) is 0. The monoisotopic (exact) mass is 189 g/mol. The molecule has 1 heterocycles. The highest BCUT2D eigenvalue weighted by Gasteiger charge is 2.50. The summed E-state index contributed by atoms with van der Waals surface area (Å²) in [6, 6.07) is 0. The highest BCUT2D eigenvalue weighted by molar-refractivity contribution is 4.98. The van der Waals surface area contributed by atoms with Gasteiger partial charge in [-0.3, -0.25) is 0 Å². The summed E-state index contributed by atoms with van der Waals surface area (Å²) in [4.78, 5) is 0. The molecule has 3 N–H and O–H groups in total. The molecule has 0 atom stereocenters. The molecule has 0 amide bonds. The summed E-state index contributed by atoms with van der Waals surface area (Å²) in [5.74, 6) is -1.67. The Morgan fingerprint density at radius 2 is 1.23 bits per heavy atom. The van der Waals surface area contributed by atoms with Crippen LogP contribution in [0.15, 0.2) is 0 Å². The van der Waals surface area contributed by atoms with Gasteiger partial charge >= 0.3 is 0 Å². The zero-order valence-electron chi connectivity index (χ0n) is 8.70. The Balaban J connectivity index is 2.96. The van der Waals surface area contributed by atoms with Crippen LogP contribution < -0.4 is 0 Å². The Hall–Kier alpha value is -0.160. The fraction of sp³-hybridized carbons (Fsp3) is 1.00. The van der Waals surface area contributed by atoms with E-state index in [1.54, 1.807) is 27.7 Å². The fourth-order valence-electron chi connectivity index (χ4n) is 2.42. The van der Waals surface area contributed by atoms with Gasteiger partial charge in [0.15, 0.2) is 5.79 Å². The number of hydroxylamine groups is 2. The Labute approximate surface area is 78.7 Å². The van der Waals surface area contributed by atoms with E-state index in [4.69, 9.17) is 0 Å². The molecule has 0 bridgehead atoms. The van der Waals surface area contributed by atoms with Gasteiger partial charge in [0, 0.05) is 23.9 Å². The fourth-order valence-corrected chi connectivity index (χ4v) is 2.42. The van der Waals surface area contributed by atoms with E-state index in [2.05, 4.69) is 0 Å². The third-order valence-corrected chi connectivity index (χ3v) is 2.58. The van der Waals surface area contributed by atoms with E-state index in [1.165, 1.54) is 5.06 Å². The number of rotatable bonds is 0. The molecule has 78 valence electrons. The van der Waals surface area contributed by atoms with Gasteiger partial charge in [0.2, 0.25) is 0 Å². The van der Waals surface area contributed by atoms with Crippen molar-refractivity contribution in [3.8, 4) is 0 Å². The van der Waals surface area contributed by atoms with Gasteiger partial charge in [-0.1, -0.05) is 0 Å². The molecule has 0 aromatic heterocycles. The molecule has 0 spiro atoms. The first-order valence-electron chi connectivity index (χ1n) is 4.51. The summed E-state index contributed by atoms with van der Waals surface area (Å²) in [6.45, 7) is 7.15. The van der Waals surface area contributed by atoms with Crippen LogP contribution in [-0.4, -0.2) is 37.3 Å². The summed E-state index contributed by atoms with van der Waals surface area (Å²) in [5.41, 5.74) is -1.21. The van der Waals surface area contributed by atoms with E-state index in [-0.39, 0.29) is 12.8 Å². The quantitative estimate of drug-likeness (QED) is 0.491. The maximum Gasteiger partial charge on any atom is 0.166 e. The lowest BCUT2D eigenvalue weighted by atomic mass is 9.78. The molecule has 0 radical (unpaired) electrons. The molecular formula is C9H19NO3. The van der Waals surface area contributed by atoms with Crippen molar-refractivity contribution in [1.29, 1.82) is 0 Å². The minimum atomic E-state index is -1.67. The van der Waals surface area contributed by atoms with Crippen LogP contribution in [0.5, 0.6) is 0 Å². The molecule has 1 saturated heterocycles. The minimum Gasteiger partial charge on any atom is -0.365 e. The second-order valence-electron chi connectivity index (χ2n) is 5.27. The molecule has 13 heavy (non-hydrogen) atoms. The van der Waals surface area contributed by atoms with E-state index in [1.807, 2.05) is 0 Å². The Morgan fingerprint density at radius 1 is 0.923 bits per heavy atom. The van der Waals surface area contributed by atoms with Crippen LogP contribution in [-0.2, 0) is 0 Å². The van der Waals surface area contributed by atoms with Crippen LogP contribution in [0, 0.1) is 0 Å². The van der Waals surface area contributed by atoms with E-state index in [0.29, 0.717) is 0 Å². The average Bonchev–Trinajstić information content (AvgIpc) is 1.77. The predicted molar refractivity (Wildman–Crippen MR) is 48.2 cm³/mol. The Morgan fingerprint density at radius 3 is 1.54 bits per heavy atom. The molecule has 0 unspecified atom stereocenters. The van der Waals surface area contributed by atoms with E-state index >= 15 is 0 Å². The molecule has 1 fully saturated rings. The number of nitrogens with zero attached hydrogens (tertiary/aromatic N) is 1. The van der Waals surface area contributed by atoms with Crippen LogP contribution in [0.3, 0.4) is 0 Å². The van der Waals surface area contributed by atoms with Crippen LogP contribution in [0.4, 0.5) is 0 Å². The minimum absolute atomic E-state index is 0.153. The molecule has 0 saturated carbocycles. The van der Waals surface area contributed by atoms with Gasteiger partial charge in [-0.05, 0) is 27.7 Å². The topological polar surface area (TPSA) is 63.9 Å². The number of piperidine rings is 1. The highest BCUT2D eigenvalue weighted by Crippen LogP contribution is 2.40. The molecule has 0 aromatic rings. The van der Waals surface area contributed by atoms with Crippen molar-refractivity contribution in [3.63, 3.8) is 0 Å². The SMILES string of the molecule is CC1(C)CC(O)(O)CC(C)(C)N1O. The van der Waals surface area contributed by atoms with Crippen molar-refractivity contribution in [2.75, 3.05) is 0 Å². The summed E-state index contributed by atoms with van der Waals surface area (Å²) in [6.07, 6.45) is 0.305. The number of aliphatic hydroxyl groups is 2. The normalized spacial score (nSPS) is 31.6. The number of hydrogen-bond donors (Lipinski definition) is 3. The van der Waals surface area contributed by atoms with Gasteiger partial charge in [0.25, 0.3) is 0 Å². The van der Waals surface area contributed by atoms with Crippen LogP contribution >= 0.6 is 0 Å². The Kier molecular flexibility index (Phi) is 2.24. The zero-order chi connectivity index (χ0) is 10.5. The Bertz CT molecular complexity index is 191. The lowest BCUT2D eigenvalue weighted by Crippen LogP contribution is -2.64. The second-order valence-corrected chi connectivity index (χ2v) is 5.27. The highest BCUT2D eigenvalue weighted by atomic mass is 16.5. The van der Waals surface area contributed by atoms with Crippen LogP contribution in [0.25, 0.3) is 0 Å². The maximum absolute atomic E-state index is 9.81. The number of hydrogen-bond acceptors (Lipinski definition) is 4. The smallest absolute Gasteiger partial charge is 0.166 e. The van der Waals surface area contributed by atoms with Crippen molar-refractivity contribution in [1.82, 2.24) is 5.06 Å². The van der Waals surface area contributed by atoms with Gasteiger partial charge < -0.3 is 15.4 Å². The maximum atomic E-state index is 9.81. The van der Waals surface area contributed by atoms with Crippen molar-refractivity contribution < 1.29 is 15.4 Å². The molecule has 0 aromatic carbocycles. The van der Waals surface area contributed by atoms with Gasteiger partial charge in [-0.15, -0.1) is 0 Å². The second kappa shape index (κ2) is 2.67. The molecular weight excluding hydrogens is 170 g/mol. The van der Waals surface area contributed by atoms with Gasteiger partial charge in [0.05, 0.1) is 0 Å². The van der Waals surface area contributed by atoms with Crippen LogP contribution in [0.2, 0.25) is 0 Å². The molecule has 4 nitrogen and oxygen atoms in total. The van der Waals surface area contributed by atoms with E-state index in [0.717, 1.165) is 0 Å². The standard InChI is InChI=1S/C9H19NO3/c1-7(2)5-9(11,12)6-8(3,4)10(7)13/h11-13H,5-6H2,1-4H3. The first-order chi connectivity index (χ1) is 5.57. The first-order valence-corrected chi connectivity index (χ1v) is 4.51. The van der Waals surface area contributed by atoms with Crippen molar-refractivity contribution in [2.24, 2.45) is 0 Å². The lowest BCUT2D eigenvalue weighted by Gasteiger charge is -2.52. The molecule has 1 rings (SSSR count). The third kappa shape index (κ3) is 2.02. The summed E-state index contributed by atoms with van der Waals surface area (Å²) in [5, 5.41) is 30.2. The summed E-state index contributed by atoms with van der Waals surface area (Å²) < 4.78 is 0. The third-order valence-electron chi connectivity index (χ3n) is 2.58. The summed E-state index contributed by atoms with van der Waals surface area (Å²) >= 11 is 0. The van der Waals surface area contributed by atoms with Crippen molar-refractivity contribution in [2.45, 2.75) is 57.4 Å².